The number of imidazole rings is 1. The van der Waals surface area contributed by atoms with Crippen molar-refractivity contribution < 1.29 is 46.2 Å². The summed E-state index contributed by atoms with van der Waals surface area (Å²) in [5, 5.41) is 2.47. The Kier molecular flexibility index (Phi) is 10.2. The minimum Gasteiger partial charge on any atom is -0.479 e. The number of rotatable bonds is 11. The Hall–Kier alpha value is -4.49. The molecule has 1 N–H and O–H groups in total. The van der Waals surface area contributed by atoms with Gasteiger partial charge >= 0.3 is 5.97 Å². The van der Waals surface area contributed by atoms with Gasteiger partial charge in [-0.05, 0) is 30.9 Å². The zero-order valence-corrected chi connectivity index (χ0v) is 24.4. The lowest BCUT2D eigenvalue weighted by atomic mass is 9.95. The van der Waals surface area contributed by atoms with E-state index in [1.54, 1.807) is 36.4 Å². The first-order valence-electron chi connectivity index (χ1n) is 14.0. The molecule has 1 saturated heterocycles. The highest BCUT2D eigenvalue weighted by atomic mass is 19.2. The highest BCUT2D eigenvalue weighted by Gasteiger charge is 2.33. The number of Topliss-reactive ketones (excluding diaryl/α,β-unsaturated/α-hetero) is 1. The lowest BCUT2D eigenvalue weighted by Crippen LogP contribution is -2.49. The number of likely N-dealkylation sites (tertiary alicyclic amines) is 1. The van der Waals surface area contributed by atoms with Gasteiger partial charge in [-0.1, -0.05) is 26.0 Å². The van der Waals surface area contributed by atoms with Gasteiger partial charge in [0.25, 0.3) is 5.91 Å². The number of nitrogens with zero attached hydrogens (tertiary/aromatic N) is 3. The molecule has 2 heterocycles. The van der Waals surface area contributed by atoms with Crippen LogP contribution in [-0.2, 0) is 26.2 Å². The summed E-state index contributed by atoms with van der Waals surface area (Å²) in [6.45, 7) is 2.97. The van der Waals surface area contributed by atoms with E-state index >= 15 is 0 Å². The van der Waals surface area contributed by atoms with E-state index < -0.39 is 71.7 Å². The summed E-state index contributed by atoms with van der Waals surface area (Å²) in [6, 6.07) is 5.78. The summed E-state index contributed by atoms with van der Waals surface area (Å²) in [5.41, 5.74) is 1.47. The van der Waals surface area contributed by atoms with E-state index in [9.17, 15) is 36.7 Å². The number of aromatic nitrogens is 2. The van der Waals surface area contributed by atoms with Crippen LogP contribution in [0.1, 0.15) is 43.7 Å². The number of piperidine rings is 1. The second kappa shape index (κ2) is 13.9. The number of carbonyl (C=O) groups excluding carboxylic acids is 4. The van der Waals surface area contributed by atoms with Crippen molar-refractivity contribution in [2.24, 2.45) is 18.9 Å². The molecule has 1 fully saturated rings. The van der Waals surface area contributed by atoms with E-state index in [1.165, 1.54) is 0 Å². The summed E-state index contributed by atoms with van der Waals surface area (Å²) >= 11 is 0. The smallest absolute Gasteiger partial charge is 0.308 e. The molecule has 10 nitrogen and oxygen atoms in total. The molecule has 1 aromatic heterocycles. The van der Waals surface area contributed by atoms with Crippen LogP contribution < -0.4 is 10.1 Å². The van der Waals surface area contributed by atoms with Crippen LogP contribution in [0.5, 0.6) is 5.75 Å². The van der Waals surface area contributed by atoms with Crippen LogP contribution in [0.4, 0.5) is 17.6 Å². The van der Waals surface area contributed by atoms with Crippen molar-refractivity contribution in [3.05, 3.63) is 59.4 Å². The number of hydrogen-bond acceptors (Lipinski definition) is 7. The van der Waals surface area contributed by atoms with Gasteiger partial charge in [0.05, 0.1) is 24.1 Å². The Morgan fingerprint density at radius 3 is 2.27 bits per heavy atom. The number of benzene rings is 2. The number of carbonyl (C=O) groups is 4. The van der Waals surface area contributed by atoms with E-state index in [1.807, 2.05) is 18.2 Å². The molecule has 1 aliphatic rings. The van der Waals surface area contributed by atoms with Gasteiger partial charge in [-0.3, -0.25) is 19.2 Å². The number of hydrogen-bond donors (Lipinski definition) is 1. The maximum Gasteiger partial charge on any atom is 0.308 e. The summed E-state index contributed by atoms with van der Waals surface area (Å²) in [5.74, 6) is -11.7. The number of amides is 2. The molecule has 2 amide bonds. The largest absolute Gasteiger partial charge is 0.479 e. The predicted molar refractivity (Wildman–Crippen MR) is 148 cm³/mol. The van der Waals surface area contributed by atoms with E-state index in [0.29, 0.717) is 5.52 Å². The molecule has 3 aromatic rings. The standard InChI is InChI=1S/C30H32F4N4O6/c1-16(2)14-43-24(40)13-21(23(39)15-44-27-25(33)18(31)12-19(32)26(27)34)36-29(41)17-8-10-38(11-9-17)30(42)28-35-20-6-4-5-7-22(20)37(28)3/h4-7,12,16-17,21H,8-11,13-15H2,1-3H3,(H,36,41)/t21-/m0/s1. The van der Waals surface area contributed by atoms with Gasteiger partial charge < -0.3 is 24.3 Å². The lowest BCUT2D eigenvalue weighted by Gasteiger charge is -2.31. The van der Waals surface area contributed by atoms with Crippen molar-refractivity contribution >= 4 is 34.6 Å². The SMILES string of the molecule is CC(C)COC(=O)C[C@H](NC(=O)C1CCN(C(=O)c2nc3ccccc3n2C)CC1)C(=O)COc1c(F)c(F)cc(F)c1F. The average molecular weight is 621 g/mol. The van der Waals surface area contributed by atoms with Gasteiger partial charge in [0.15, 0.2) is 29.0 Å². The Labute approximate surface area is 250 Å². The summed E-state index contributed by atoms with van der Waals surface area (Å²) < 4.78 is 66.7. The Morgan fingerprint density at radius 1 is 1.02 bits per heavy atom. The van der Waals surface area contributed by atoms with Crippen molar-refractivity contribution in [2.75, 3.05) is 26.3 Å². The third-order valence-corrected chi connectivity index (χ3v) is 7.22. The van der Waals surface area contributed by atoms with Crippen molar-refractivity contribution in [2.45, 2.75) is 39.2 Å². The molecule has 0 unspecified atom stereocenters. The molecule has 0 spiro atoms. The average Bonchev–Trinajstić information content (AvgIpc) is 3.34. The molecule has 14 heteroatoms. The van der Waals surface area contributed by atoms with Crippen LogP contribution in [-0.4, -0.2) is 70.4 Å². The number of esters is 1. The molecule has 236 valence electrons. The van der Waals surface area contributed by atoms with Crippen LogP contribution in [0.25, 0.3) is 11.0 Å². The predicted octanol–water partition coefficient (Wildman–Crippen LogP) is 3.70. The van der Waals surface area contributed by atoms with Crippen LogP contribution in [0.3, 0.4) is 0 Å². The van der Waals surface area contributed by atoms with Crippen molar-refractivity contribution in [3.63, 3.8) is 0 Å². The molecule has 44 heavy (non-hydrogen) atoms. The van der Waals surface area contributed by atoms with Gasteiger partial charge in [-0.25, -0.2) is 13.8 Å². The first kappa shape index (κ1) is 32.4. The highest BCUT2D eigenvalue weighted by molar-refractivity contribution is 5.95. The molecule has 1 atom stereocenters. The Morgan fingerprint density at radius 2 is 1.66 bits per heavy atom. The molecular weight excluding hydrogens is 588 g/mol. The van der Waals surface area contributed by atoms with Crippen LogP contribution in [0.15, 0.2) is 30.3 Å². The first-order valence-corrected chi connectivity index (χ1v) is 14.0. The molecule has 1 aliphatic heterocycles. The first-order chi connectivity index (χ1) is 20.9. The van der Waals surface area contributed by atoms with Crippen molar-refractivity contribution in [3.8, 4) is 5.75 Å². The molecule has 0 saturated carbocycles. The lowest BCUT2D eigenvalue weighted by molar-refractivity contribution is -0.147. The third-order valence-electron chi connectivity index (χ3n) is 7.22. The number of para-hydroxylation sites is 2. The number of nitrogens with one attached hydrogen (secondary N) is 1. The molecular formula is C30H32F4N4O6. The number of ether oxygens (including phenoxy) is 2. The molecule has 4 rings (SSSR count). The molecule has 0 aliphatic carbocycles. The number of aryl methyl sites for hydroxylation is 1. The zero-order chi connectivity index (χ0) is 32.1. The van der Waals surface area contributed by atoms with Crippen LogP contribution in [0, 0.1) is 35.1 Å². The van der Waals surface area contributed by atoms with E-state index in [4.69, 9.17) is 9.47 Å². The number of fused-ring (bicyclic) bond motifs is 1. The minimum absolute atomic E-state index is 0.00951. The fourth-order valence-electron chi connectivity index (χ4n) is 4.76. The molecule has 0 radical (unpaired) electrons. The zero-order valence-electron chi connectivity index (χ0n) is 24.4. The monoisotopic (exact) mass is 620 g/mol. The van der Waals surface area contributed by atoms with Gasteiger partial charge in [0.2, 0.25) is 17.5 Å². The number of halogens is 4. The maximum atomic E-state index is 14.0. The Bertz CT molecular complexity index is 1540. The molecule has 2 aromatic carbocycles. The summed E-state index contributed by atoms with van der Waals surface area (Å²) in [6.07, 6.45) is -0.126. The third kappa shape index (κ3) is 7.34. The highest BCUT2D eigenvalue weighted by Crippen LogP contribution is 2.27. The fraction of sp³-hybridized carbons (Fsp3) is 0.433. The summed E-state index contributed by atoms with van der Waals surface area (Å²) in [4.78, 5) is 57.7. The van der Waals surface area contributed by atoms with Gasteiger partial charge in [0.1, 0.15) is 12.6 Å². The number of ketones is 1. The van der Waals surface area contributed by atoms with E-state index in [-0.39, 0.29) is 56.3 Å². The topological polar surface area (TPSA) is 120 Å². The second-order valence-corrected chi connectivity index (χ2v) is 10.9. The van der Waals surface area contributed by atoms with Gasteiger partial charge in [-0.15, -0.1) is 0 Å². The normalized spacial score (nSPS) is 14.5. The van der Waals surface area contributed by atoms with Crippen LogP contribution in [0.2, 0.25) is 0 Å². The molecule has 0 bridgehead atoms. The summed E-state index contributed by atoms with van der Waals surface area (Å²) in [7, 11) is 1.74. The van der Waals surface area contributed by atoms with Gasteiger partial charge in [0, 0.05) is 32.1 Å². The van der Waals surface area contributed by atoms with Gasteiger partial charge in [-0.2, -0.15) is 8.78 Å². The van der Waals surface area contributed by atoms with Crippen molar-refractivity contribution in [1.29, 1.82) is 0 Å². The van der Waals surface area contributed by atoms with Crippen LogP contribution >= 0.6 is 0 Å². The maximum absolute atomic E-state index is 14.0. The van der Waals surface area contributed by atoms with Crippen molar-refractivity contribution in [1.82, 2.24) is 19.8 Å². The van der Waals surface area contributed by atoms with E-state index in [0.717, 1.165) is 5.52 Å². The quantitative estimate of drug-likeness (QED) is 0.197. The Balaban J connectivity index is 1.40. The second-order valence-electron chi connectivity index (χ2n) is 10.9. The minimum atomic E-state index is -1.84. The van der Waals surface area contributed by atoms with E-state index in [2.05, 4.69) is 10.3 Å². The fourth-order valence-corrected chi connectivity index (χ4v) is 4.76.